The number of aromatic nitrogens is 1. The minimum absolute atomic E-state index is 0.0861. The largest absolute Gasteiger partial charge is 0.451 e. The van der Waals surface area contributed by atoms with Crippen LogP contribution in [0.2, 0.25) is 0 Å². The van der Waals surface area contributed by atoms with Crippen LogP contribution in [0.5, 0.6) is 0 Å². The number of rotatable bonds is 4. The molecular weight excluding hydrogens is 286 g/mol. The number of nitrogens with one attached hydrogen (secondary N) is 3. The van der Waals surface area contributed by atoms with Crippen molar-refractivity contribution in [3.8, 4) is 0 Å². The lowest BCUT2D eigenvalue weighted by Gasteiger charge is -2.29. The molecule has 1 fully saturated rings. The Bertz CT molecular complexity index is 527. The molecule has 1 saturated carbocycles. The first-order valence-corrected chi connectivity index (χ1v) is 7.47. The van der Waals surface area contributed by atoms with Crippen LogP contribution in [0.4, 0.5) is 4.79 Å². The second-order valence-electron chi connectivity index (χ2n) is 5.55. The van der Waals surface area contributed by atoms with Gasteiger partial charge in [0.25, 0.3) is 5.91 Å². The first-order valence-electron chi connectivity index (χ1n) is 7.47. The number of urea groups is 1. The van der Waals surface area contributed by atoms with E-state index in [4.69, 9.17) is 4.74 Å². The molecule has 0 aromatic carbocycles. The average molecular weight is 307 g/mol. The van der Waals surface area contributed by atoms with Gasteiger partial charge in [-0.15, -0.1) is 0 Å². The van der Waals surface area contributed by atoms with E-state index in [2.05, 4.69) is 22.5 Å². The summed E-state index contributed by atoms with van der Waals surface area (Å²) in [5, 5.41) is 4.97. The molecule has 3 N–H and O–H groups in total. The van der Waals surface area contributed by atoms with E-state index in [-0.39, 0.29) is 11.7 Å². The molecule has 1 aromatic rings. The van der Waals surface area contributed by atoms with Crippen LogP contribution < -0.4 is 10.6 Å². The number of imide groups is 1. The van der Waals surface area contributed by atoms with Crippen LogP contribution in [-0.4, -0.2) is 35.5 Å². The second-order valence-corrected chi connectivity index (χ2v) is 5.55. The monoisotopic (exact) mass is 307 g/mol. The van der Waals surface area contributed by atoms with Gasteiger partial charge in [0, 0.05) is 12.2 Å². The Kier molecular flexibility index (Phi) is 5.57. The van der Waals surface area contributed by atoms with E-state index in [1.54, 1.807) is 12.3 Å². The highest BCUT2D eigenvalue weighted by Crippen LogP contribution is 2.23. The first kappa shape index (κ1) is 16.1. The van der Waals surface area contributed by atoms with Gasteiger partial charge in [-0.3, -0.25) is 10.1 Å². The van der Waals surface area contributed by atoms with Crippen molar-refractivity contribution >= 4 is 17.9 Å². The van der Waals surface area contributed by atoms with E-state index in [1.807, 2.05) is 0 Å². The Morgan fingerprint density at radius 3 is 2.77 bits per heavy atom. The highest BCUT2D eigenvalue weighted by molar-refractivity contribution is 5.96. The first-order chi connectivity index (χ1) is 10.6. The number of esters is 1. The fourth-order valence-corrected chi connectivity index (χ4v) is 2.56. The Hall–Kier alpha value is -2.31. The summed E-state index contributed by atoms with van der Waals surface area (Å²) in [5.74, 6) is -0.886. The third kappa shape index (κ3) is 4.61. The quantitative estimate of drug-likeness (QED) is 0.735. The number of aromatic amines is 1. The van der Waals surface area contributed by atoms with E-state index < -0.39 is 24.5 Å². The van der Waals surface area contributed by atoms with Crippen molar-refractivity contribution in [3.05, 3.63) is 24.0 Å². The standard InChI is InChI=1S/C15H21N3O4/c1-10-5-2-3-6-11(10)17-15(21)18-13(19)9-22-14(20)12-7-4-8-16-12/h4,7-8,10-11,16H,2-3,5-6,9H2,1H3,(H2,17,18,19,21)/t10-,11+/m0/s1. The summed E-state index contributed by atoms with van der Waals surface area (Å²) < 4.78 is 4.80. The molecule has 1 aliphatic carbocycles. The minimum Gasteiger partial charge on any atom is -0.451 e. The van der Waals surface area contributed by atoms with Gasteiger partial charge in [-0.25, -0.2) is 9.59 Å². The average Bonchev–Trinajstić information content (AvgIpc) is 3.01. The van der Waals surface area contributed by atoms with Gasteiger partial charge in [0.1, 0.15) is 5.69 Å². The number of amides is 3. The molecule has 2 rings (SSSR count). The number of hydrogen-bond donors (Lipinski definition) is 3. The van der Waals surface area contributed by atoms with Gasteiger partial charge in [-0.1, -0.05) is 19.8 Å². The van der Waals surface area contributed by atoms with E-state index in [0.717, 1.165) is 19.3 Å². The summed E-state index contributed by atoms with van der Waals surface area (Å²) in [6, 6.07) is 2.73. The third-order valence-corrected chi connectivity index (χ3v) is 3.83. The molecule has 1 aromatic heterocycles. The predicted molar refractivity (Wildman–Crippen MR) is 79.2 cm³/mol. The summed E-state index contributed by atoms with van der Waals surface area (Å²) in [5.41, 5.74) is 0.258. The fourth-order valence-electron chi connectivity index (χ4n) is 2.56. The van der Waals surface area contributed by atoms with Crippen LogP contribution in [0, 0.1) is 5.92 Å². The molecule has 0 bridgehead atoms. The smallest absolute Gasteiger partial charge is 0.355 e. The van der Waals surface area contributed by atoms with Crippen LogP contribution in [0.15, 0.2) is 18.3 Å². The molecule has 1 aliphatic rings. The van der Waals surface area contributed by atoms with E-state index >= 15 is 0 Å². The van der Waals surface area contributed by atoms with Gasteiger partial charge in [0.2, 0.25) is 0 Å². The molecule has 3 amide bonds. The second kappa shape index (κ2) is 7.63. The Morgan fingerprint density at radius 1 is 1.32 bits per heavy atom. The summed E-state index contributed by atoms with van der Waals surface area (Å²) in [4.78, 5) is 37.5. The SMILES string of the molecule is C[C@H]1CCCC[C@H]1NC(=O)NC(=O)COC(=O)c1ccc[nH]1. The summed E-state index contributed by atoms with van der Waals surface area (Å²) in [6.07, 6.45) is 5.83. The van der Waals surface area contributed by atoms with Gasteiger partial charge in [-0.2, -0.15) is 0 Å². The molecular formula is C15H21N3O4. The Labute approximate surface area is 128 Å². The predicted octanol–water partition coefficient (Wildman–Crippen LogP) is 1.58. The third-order valence-electron chi connectivity index (χ3n) is 3.83. The molecule has 0 spiro atoms. The van der Waals surface area contributed by atoms with Gasteiger partial charge >= 0.3 is 12.0 Å². The lowest BCUT2D eigenvalue weighted by atomic mass is 9.86. The number of carbonyl (C=O) groups excluding carboxylic acids is 3. The van der Waals surface area contributed by atoms with Crippen LogP contribution in [0.1, 0.15) is 43.1 Å². The highest BCUT2D eigenvalue weighted by atomic mass is 16.5. The normalized spacial score (nSPS) is 21.0. The summed E-state index contributed by atoms with van der Waals surface area (Å²) >= 11 is 0. The van der Waals surface area contributed by atoms with Crippen molar-refractivity contribution < 1.29 is 19.1 Å². The van der Waals surface area contributed by atoms with Crippen molar-refractivity contribution in [1.29, 1.82) is 0 Å². The Morgan fingerprint density at radius 2 is 2.09 bits per heavy atom. The highest BCUT2D eigenvalue weighted by Gasteiger charge is 2.23. The van der Waals surface area contributed by atoms with Crippen molar-refractivity contribution in [2.45, 2.75) is 38.6 Å². The number of hydrogen-bond acceptors (Lipinski definition) is 4. The van der Waals surface area contributed by atoms with Crippen LogP contribution in [0.25, 0.3) is 0 Å². The summed E-state index contributed by atoms with van der Waals surface area (Å²) in [7, 11) is 0. The maximum absolute atomic E-state index is 11.8. The van der Waals surface area contributed by atoms with Crippen molar-refractivity contribution in [1.82, 2.24) is 15.6 Å². The van der Waals surface area contributed by atoms with E-state index in [1.165, 1.54) is 12.5 Å². The Balaban J connectivity index is 1.70. The molecule has 0 saturated heterocycles. The fraction of sp³-hybridized carbons (Fsp3) is 0.533. The topological polar surface area (TPSA) is 100 Å². The van der Waals surface area contributed by atoms with Crippen LogP contribution in [-0.2, 0) is 9.53 Å². The number of carbonyl (C=O) groups is 3. The molecule has 0 aliphatic heterocycles. The van der Waals surface area contributed by atoms with Crippen molar-refractivity contribution in [2.75, 3.05) is 6.61 Å². The van der Waals surface area contributed by atoms with Crippen molar-refractivity contribution in [3.63, 3.8) is 0 Å². The maximum atomic E-state index is 11.8. The molecule has 7 nitrogen and oxygen atoms in total. The lowest BCUT2D eigenvalue weighted by molar-refractivity contribution is -0.123. The number of H-pyrrole nitrogens is 1. The van der Waals surface area contributed by atoms with Crippen LogP contribution in [0.3, 0.4) is 0 Å². The number of ether oxygens (including phenoxy) is 1. The molecule has 120 valence electrons. The van der Waals surface area contributed by atoms with E-state index in [9.17, 15) is 14.4 Å². The molecule has 1 heterocycles. The van der Waals surface area contributed by atoms with Gasteiger partial charge in [0.05, 0.1) is 0 Å². The minimum atomic E-state index is -0.652. The molecule has 7 heteroatoms. The summed E-state index contributed by atoms with van der Waals surface area (Å²) in [6.45, 7) is 1.59. The molecule has 0 unspecified atom stereocenters. The molecule has 22 heavy (non-hydrogen) atoms. The maximum Gasteiger partial charge on any atom is 0.355 e. The lowest BCUT2D eigenvalue weighted by Crippen LogP contribution is -2.48. The van der Waals surface area contributed by atoms with Gasteiger partial charge in [0.15, 0.2) is 6.61 Å². The zero-order valence-corrected chi connectivity index (χ0v) is 12.6. The molecule has 2 atom stereocenters. The van der Waals surface area contributed by atoms with Crippen LogP contribution >= 0.6 is 0 Å². The van der Waals surface area contributed by atoms with Gasteiger partial charge in [-0.05, 0) is 30.9 Å². The zero-order valence-electron chi connectivity index (χ0n) is 12.6. The van der Waals surface area contributed by atoms with Gasteiger partial charge < -0.3 is 15.0 Å². The van der Waals surface area contributed by atoms with E-state index in [0.29, 0.717) is 5.92 Å². The molecule has 0 radical (unpaired) electrons. The van der Waals surface area contributed by atoms with Crippen molar-refractivity contribution in [2.24, 2.45) is 5.92 Å². The zero-order chi connectivity index (χ0) is 15.9.